The van der Waals surface area contributed by atoms with Gasteiger partial charge in [-0.2, -0.15) is 13.2 Å². The molecule has 3 aromatic rings. The van der Waals surface area contributed by atoms with Gasteiger partial charge in [0.25, 0.3) is 0 Å². The second-order valence-electron chi connectivity index (χ2n) is 9.86. The first-order valence-corrected chi connectivity index (χ1v) is 12.9. The second-order valence-corrected chi connectivity index (χ2v) is 9.86. The monoisotopic (exact) mass is 610 g/mol. The van der Waals surface area contributed by atoms with Crippen LogP contribution in [0.25, 0.3) is 11.1 Å². The molecule has 0 radical (unpaired) electrons. The van der Waals surface area contributed by atoms with E-state index in [1.54, 1.807) is 0 Å². The molecule has 0 aromatic heterocycles. The molecule has 11 heteroatoms. The number of fused-ring (bicyclic) bond motifs is 3. The molecule has 2 bridgehead atoms. The van der Waals surface area contributed by atoms with Gasteiger partial charge >= 0.3 is 6.18 Å². The minimum absolute atomic E-state index is 0.0225. The Morgan fingerprint density at radius 3 is 1.65 bits per heavy atom. The Morgan fingerprint density at radius 1 is 0.674 bits per heavy atom. The normalized spacial score (nSPS) is 14.7. The molecular formula is C32H20F10O. The molecule has 0 fully saturated rings. The van der Waals surface area contributed by atoms with Gasteiger partial charge in [0.1, 0.15) is 40.4 Å². The molecule has 0 saturated carbocycles. The number of methoxy groups -OCH3 is 1. The first kappa shape index (κ1) is 30.2. The Kier molecular flexibility index (Phi) is 7.79. The molecule has 1 nitrogen and oxygen atoms in total. The molecule has 0 heterocycles. The van der Waals surface area contributed by atoms with Gasteiger partial charge in [0.15, 0.2) is 11.6 Å². The van der Waals surface area contributed by atoms with Crippen molar-refractivity contribution in [2.24, 2.45) is 0 Å². The molecule has 0 unspecified atom stereocenters. The fourth-order valence-corrected chi connectivity index (χ4v) is 5.56. The van der Waals surface area contributed by atoms with Crippen molar-refractivity contribution in [2.45, 2.75) is 32.4 Å². The van der Waals surface area contributed by atoms with Crippen LogP contribution in [0.5, 0.6) is 5.75 Å². The molecule has 0 atom stereocenters. The van der Waals surface area contributed by atoms with Gasteiger partial charge in [0.2, 0.25) is 0 Å². The molecule has 0 N–H and O–H groups in total. The van der Waals surface area contributed by atoms with Gasteiger partial charge in [-0.05, 0) is 36.1 Å². The van der Waals surface area contributed by atoms with Gasteiger partial charge in [0.05, 0.1) is 18.2 Å². The lowest BCUT2D eigenvalue weighted by Crippen LogP contribution is -2.19. The first-order chi connectivity index (χ1) is 20.3. The highest BCUT2D eigenvalue weighted by Gasteiger charge is 2.43. The van der Waals surface area contributed by atoms with Gasteiger partial charge in [-0.3, -0.25) is 0 Å². The van der Waals surface area contributed by atoms with Crippen LogP contribution in [0.1, 0.15) is 53.1 Å². The van der Waals surface area contributed by atoms with E-state index in [-0.39, 0.29) is 23.3 Å². The van der Waals surface area contributed by atoms with Crippen molar-refractivity contribution >= 4 is 11.1 Å². The van der Waals surface area contributed by atoms with E-state index in [2.05, 4.69) is 0 Å². The average molecular weight is 610 g/mol. The van der Waals surface area contributed by atoms with Crippen LogP contribution >= 0.6 is 0 Å². The van der Waals surface area contributed by atoms with E-state index in [1.807, 2.05) is 0 Å². The van der Waals surface area contributed by atoms with E-state index < -0.39 is 104 Å². The van der Waals surface area contributed by atoms with Crippen molar-refractivity contribution in [1.82, 2.24) is 0 Å². The summed E-state index contributed by atoms with van der Waals surface area (Å²) in [7, 11) is 1.15. The van der Waals surface area contributed by atoms with Crippen molar-refractivity contribution < 1.29 is 48.6 Å². The van der Waals surface area contributed by atoms with Gasteiger partial charge in [0, 0.05) is 40.0 Å². The lowest BCUT2D eigenvalue weighted by Gasteiger charge is -2.22. The summed E-state index contributed by atoms with van der Waals surface area (Å²) in [4.78, 5) is 0. The molecule has 2 aliphatic rings. The van der Waals surface area contributed by atoms with E-state index in [1.165, 1.54) is 31.2 Å². The molecule has 0 spiro atoms. The van der Waals surface area contributed by atoms with Crippen LogP contribution in [0.2, 0.25) is 0 Å². The second kappa shape index (κ2) is 11.1. The van der Waals surface area contributed by atoms with E-state index in [9.17, 15) is 13.2 Å². The Labute approximate surface area is 239 Å². The minimum atomic E-state index is -5.48. The Balaban J connectivity index is 1.97. The maximum Gasteiger partial charge on any atom is 0.419 e. The molecule has 0 amide bonds. The fraction of sp³-hybridized carbons (Fsp3) is 0.188. The van der Waals surface area contributed by atoms with Crippen LogP contribution in [-0.2, 0) is 12.6 Å². The quantitative estimate of drug-likeness (QED) is 0.207. The summed E-state index contributed by atoms with van der Waals surface area (Å²) in [6.07, 6.45) is -1.46. The predicted octanol–water partition coefficient (Wildman–Crippen LogP) is 9.77. The zero-order valence-electron chi connectivity index (χ0n) is 22.4. The zero-order chi connectivity index (χ0) is 31.4. The molecule has 43 heavy (non-hydrogen) atoms. The van der Waals surface area contributed by atoms with E-state index in [4.69, 9.17) is 4.74 Å². The highest BCUT2D eigenvalue weighted by molar-refractivity contribution is 5.98. The Bertz CT molecular complexity index is 1770. The number of halogens is 10. The van der Waals surface area contributed by atoms with Gasteiger partial charge in [-0.1, -0.05) is 37.6 Å². The zero-order valence-corrected chi connectivity index (χ0v) is 22.4. The van der Waals surface area contributed by atoms with Gasteiger partial charge in [-0.15, -0.1) is 0 Å². The van der Waals surface area contributed by atoms with Gasteiger partial charge in [-0.25, -0.2) is 30.7 Å². The number of ether oxygens (including phenoxy) is 1. The van der Waals surface area contributed by atoms with Crippen LogP contribution in [0.4, 0.5) is 43.9 Å². The van der Waals surface area contributed by atoms with E-state index >= 15 is 30.7 Å². The average Bonchev–Trinajstić information content (AvgIpc) is 3.25. The number of hydrogen-bond acceptors (Lipinski definition) is 1. The summed E-state index contributed by atoms with van der Waals surface area (Å²) in [6, 6.07) is 2.80. The lowest BCUT2D eigenvalue weighted by atomic mass is 9.84. The maximum atomic E-state index is 16.1. The van der Waals surface area contributed by atoms with E-state index in [0.717, 1.165) is 19.2 Å². The van der Waals surface area contributed by atoms with Crippen molar-refractivity contribution in [2.75, 3.05) is 7.11 Å². The lowest BCUT2D eigenvalue weighted by molar-refractivity contribution is -0.141. The fourth-order valence-electron chi connectivity index (χ4n) is 5.56. The smallest absolute Gasteiger partial charge is 0.419 e. The van der Waals surface area contributed by atoms with Crippen molar-refractivity contribution in [3.05, 3.63) is 134 Å². The molecular weight excluding hydrogens is 590 g/mol. The summed E-state index contributed by atoms with van der Waals surface area (Å²) < 4.78 is 156. The summed E-state index contributed by atoms with van der Waals surface area (Å²) in [5, 5.41) is 0. The third-order valence-electron chi connectivity index (χ3n) is 7.29. The number of rotatable bonds is 5. The highest BCUT2D eigenvalue weighted by atomic mass is 19.4. The van der Waals surface area contributed by atoms with Crippen LogP contribution in [0, 0.1) is 40.7 Å². The van der Waals surface area contributed by atoms with Crippen molar-refractivity contribution in [1.29, 1.82) is 0 Å². The number of allylic oxidation sites excluding steroid dienone is 6. The molecule has 0 saturated heterocycles. The summed E-state index contributed by atoms with van der Waals surface area (Å²) in [5.41, 5.74) is -8.76. The standard InChI is InChI=1S/C32H20F10O/c1-3-6-17-28(32(40,41)42)31(39)30(38)27(29(17)37)23-15-8-5-4-7-14(11-15)22(25-18(33)9-10-19(34)26(23)25)24-20(35)12-16(43-2)13-21(24)36/h4-5,7-10,12-13H,3,6,11H2,1-2H3. The largest absolute Gasteiger partial charge is 0.497 e. The molecule has 224 valence electrons. The number of alkyl halides is 3. The first-order valence-electron chi connectivity index (χ1n) is 12.9. The third kappa shape index (κ3) is 4.94. The molecule has 3 aromatic carbocycles. The van der Waals surface area contributed by atoms with Crippen LogP contribution in [0.15, 0.2) is 59.7 Å². The Morgan fingerprint density at radius 2 is 1.19 bits per heavy atom. The topological polar surface area (TPSA) is 9.23 Å². The SMILES string of the molecule is CCCc1c(F)c(C2=C3C=CC=CC(=C(c4c(F)cc(OC)cc4F)c4c(F)ccc(F)c42)C3)c(F)c(F)c1C(F)(F)F. The third-order valence-corrected chi connectivity index (χ3v) is 7.29. The predicted molar refractivity (Wildman–Crippen MR) is 140 cm³/mol. The summed E-state index contributed by atoms with van der Waals surface area (Å²) in [5.74, 6) is -11.8. The Hall–Kier alpha value is -4.28. The summed E-state index contributed by atoms with van der Waals surface area (Å²) >= 11 is 0. The van der Waals surface area contributed by atoms with Crippen LogP contribution < -0.4 is 4.74 Å². The van der Waals surface area contributed by atoms with Crippen LogP contribution in [0.3, 0.4) is 0 Å². The number of benzene rings is 3. The maximum absolute atomic E-state index is 16.1. The van der Waals surface area contributed by atoms with E-state index in [0.29, 0.717) is 12.1 Å². The number of hydrogen-bond donors (Lipinski definition) is 0. The highest BCUT2D eigenvalue weighted by Crippen LogP contribution is 2.49. The van der Waals surface area contributed by atoms with Crippen LogP contribution in [-0.4, -0.2) is 7.11 Å². The molecule has 0 aliphatic heterocycles. The molecule has 2 aliphatic carbocycles. The molecule has 5 rings (SSSR count). The minimum Gasteiger partial charge on any atom is -0.497 e. The van der Waals surface area contributed by atoms with Crippen molar-refractivity contribution in [3.8, 4) is 5.75 Å². The van der Waals surface area contributed by atoms with Crippen molar-refractivity contribution in [3.63, 3.8) is 0 Å². The van der Waals surface area contributed by atoms with Gasteiger partial charge < -0.3 is 4.74 Å². The summed E-state index contributed by atoms with van der Waals surface area (Å²) in [6.45, 7) is 1.39.